The molecular formula is C19H31N3O2. The van der Waals surface area contributed by atoms with Gasteiger partial charge in [0, 0.05) is 13.1 Å². The average Bonchev–Trinajstić information content (AvgIpc) is 2.51. The maximum Gasteiger partial charge on any atom is 0.239 e. The number of hydrogen-bond acceptors (Lipinski definition) is 3. The van der Waals surface area contributed by atoms with Crippen molar-refractivity contribution in [3.63, 3.8) is 0 Å². The minimum atomic E-state index is -0.269. The van der Waals surface area contributed by atoms with Gasteiger partial charge in [-0.1, -0.05) is 38.1 Å². The number of hydrogen-bond donors (Lipinski definition) is 2. The van der Waals surface area contributed by atoms with E-state index in [4.69, 9.17) is 0 Å². The van der Waals surface area contributed by atoms with Crippen molar-refractivity contribution in [1.82, 2.24) is 15.5 Å². The lowest BCUT2D eigenvalue weighted by Gasteiger charge is -2.17. The molecular weight excluding hydrogens is 302 g/mol. The molecule has 5 nitrogen and oxygen atoms in total. The van der Waals surface area contributed by atoms with Gasteiger partial charge in [-0.25, -0.2) is 0 Å². The summed E-state index contributed by atoms with van der Waals surface area (Å²) in [5.74, 6) is -0.0137. The fourth-order valence-corrected chi connectivity index (χ4v) is 2.53. The van der Waals surface area contributed by atoms with Crippen LogP contribution in [0.2, 0.25) is 0 Å². The lowest BCUT2D eigenvalue weighted by molar-refractivity contribution is -0.126. The van der Waals surface area contributed by atoms with Crippen LogP contribution in [0.15, 0.2) is 24.3 Å². The maximum atomic E-state index is 12.4. The Hall–Kier alpha value is -1.88. The van der Waals surface area contributed by atoms with Crippen molar-refractivity contribution in [2.75, 3.05) is 33.7 Å². The average molecular weight is 333 g/mol. The zero-order chi connectivity index (χ0) is 18.1. The highest BCUT2D eigenvalue weighted by Gasteiger charge is 2.19. The number of carbonyl (C=O) groups excluding carboxylic acids is 2. The zero-order valence-corrected chi connectivity index (χ0v) is 15.6. The van der Waals surface area contributed by atoms with Crippen LogP contribution in [-0.4, -0.2) is 50.4 Å². The number of nitrogens with one attached hydrogen (secondary N) is 2. The van der Waals surface area contributed by atoms with Gasteiger partial charge >= 0.3 is 0 Å². The third-order valence-corrected chi connectivity index (χ3v) is 3.85. The number of rotatable bonds is 9. The van der Waals surface area contributed by atoms with Gasteiger partial charge in [0.1, 0.15) is 0 Å². The van der Waals surface area contributed by atoms with Gasteiger partial charge in [-0.3, -0.25) is 9.59 Å². The minimum absolute atomic E-state index is 0.0168. The predicted molar refractivity (Wildman–Crippen MR) is 98.0 cm³/mol. The molecule has 1 rings (SSSR count). The van der Waals surface area contributed by atoms with E-state index in [-0.39, 0.29) is 24.3 Å². The number of carbonyl (C=O) groups is 2. The Kier molecular flexibility index (Phi) is 8.47. The number of nitrogens with zero attached hydrogens (tertiary/aromatic N) is 1. The van der Waals surface area contributed by atoms with E-state index >= 15 is 0 Å². The lowest BCUT2D eigenvalue weighted by Crippen LogP contribution is -2.40. The van der Waals surface area contributed by atoms with Gasteiger partial charge in [0.15, 0.2) is 0 Å². The highest BCUT2D eigenvalue weighted by Crippen LogP contribution is 2.22. The summed E-state index contributed by atoms with van der Waals surface area (Å²) in [4.78, 5) is 26.1. The second-order valence-electron chi connectivity index (χ2n) is 6.89. The van der Waals surface area contributed by atoms with Gasteiger partial charge in [-0.05, 0) is 44.5 Å². The van der Waals surface area contributed by atoms with Crippen LogP contribution in [0.4, 0.5) is 0 Å². The molecule has 0 aliphatic rings. The van der Waals surface area contributed by atoms with E-state index in [1.165, 1.54) is 5.56 Å². The van der Waals surface area contributed by atoms with Crippen molar-refractivity contribution in [3.05, 3.63) is 35.4 Å². The third-order valence-electron chi connectivity index (χ3n) is 3.85. The molecule has 0 radical (unpaired) electrons. The van der Waals surface area contributed by atoms with Crippen molar-refractivity contribution in [3.8, 4) is 0 Å². The van der Waals surface area contributed by atoms with Crippen LogP contribution in [0.5, 0.6) is 0 Å². The van der Waals surface area contributed by atoms with E-state index < -0.39 is 0 Å². The number of amides is 2. The van der Waals surface area contributed by atoms with Gasteiger partial charge in [0.05, 0.1) is 12.5 Å². The molecule has 1 atom stereocenters. The van der Waals surface area contributed by atoms with E-state index in [1.807, 2.05) is 44.1 Å². The minimum Gasteiger partial charge on any atom is -0.353 e. The van der Waals surface area contributed by atoms with Crippen LogP contribution >= 0.6 is 0 Å². The Balaban J connectivity index is 2.55. The van der Waals surface area contributed by atoms with Crippen LogP contribution in [0.1, 0.15) is 37.8 Å². The highest BCUT2D eigenvalue weighted by molar-refractivity contribution is 5.88. The zero-order valence-electron chi connectivity index (χ0n) is 15.6. The Morgan fingerprint density at radius 1 is 1.08 bits per heavy atom. The molecule has 0 heterocycles. The summed E-state index contributed by atoms with van der Waals surface area (Å²) in [6, 6.07) is 8.03. The molecule has 0 saturated heterocycles. The first kappa shape index (κ1) is 20.2. The predicted octanol–water partition coefficient (Wildman–Crippen LogP) is 1.78. The van der Waals surface area contributed by atoms with Crippen molar-refractivity contribution < 1.29 is 9.59 Å². The molecule has 1 aromatic carbocycles. The first-order valence-electron chi connectivity index (χ1n) is 8.58. The molecule has 24 heavy (non-hydrogen) atoms. The highest BCUT2D eigenvalue weighted by atomic mass is 16.2. The van der Waals surface area contributed by atoms with Crippen molar-refractivity contribution >= 4 is 11.8 Å². The summed E-state index contributed by atoms with van der Waals surface area (Å²) in [5.41, 5.74) is 2.24. The van der Waals surface area contributed by atoms with E-state index in [2.05, 4.69) is 30.5 Å². The van der Waals surface area contributed by atoms with E-state index in [0.717, 1.165) is 18.5 Å². The summed E-state index contributed by atoms with van der Waals surface area (Å²) in [6.45, 7) is 7.59. The fourth-order valence-electron chi connectivity index (χ4n) is 2.53. The molecule has 0 unspecified atom stereocenters. The standard InChI is InChI=1S/C19H31N3O2/c1-14(2)12-16-8-6-7-9-17(16)15(3)19(24)21-13-18(23)20-10-11-22(4)5/h6-9,14-15H,10-13H2,1-5H3,(H,20,23)(H,21,24)/t15-/m1/s1. The molecule has 134 valence electrons. The quantitative estimate of drug-likeness (QED) is 0.724. The molecule has 2 N–H and O–H groups in total. The third kappa shape index (κ3) is 7.13. The SMILES string of the molecule is CC(C)Cc1ccccc1[C@@H](C)C(=O)NCC(=O)NCCN(C)C. The van der Waals surface area contributed by atoms with E-state index in [1.54, 1.807) is 0 Å². The summed E-state index contributed by atoms with van der Waals surface area (Å²) in [7, 11) is 3.90. The largest absolute Gasteiger partial charge is 0.353 e. The van der Waals surface area contributed by atoms with Gasteiger partial charge in [0.25, 0.3) is 0 Å². The van der Waals surface area contributed by atoms with E-state index in [0.29, 0.717) is 12.5 Å². The van der Waals surface area contributed by atoms with Crippen molar-refractivity contribution in [2.24, 2.45) is 5.92 Å². The van der Waals surface area contributed by atoms with Crippen LogP contribution in [0, 0.1) is 5.92 Å². The van der Waals surface area contributed by atoms with Crippen molar-refractivity contribution in [1.29, 1.82) is 0 Å². The van der Waals surface area contributed by atoms with E-state index in [9.17, 15) is 9.59 Å². The van der Waals surface area contributed by atoms with Gasteiger partial charge in [-0.15, -0.1) is 0 Å². The number of likely N-dealkylation sites (N-methyl/N-ethyl adjacent to an activating group) is 1. The first-order valence-corrected chi connectivity index (χ1v) is 8.58. The summed E-state index contributed by atoms with van der Waals surface area (Å²) >= 11 is 0. The second kappa shape index (κ2) is 10.1. The van der Waals surface area contributed by atoms with Crippen LogP contribution in [-0.2, 0) is 16.0 Å². The lowest BCUT2D eigenvalue weighted by atomic mass is 9.90. The Morgan fingerprint density at radius 3 is 2.38 bits per heavy atom. The fraction of sp³-hybridized carbons (Fsp3) is 0.579. The molecule has 0 spiro atoms. The molecule has 0 bridgehead atoms. The smallest absolute Gasteiger partial charge is 0.239 e. The molecule has 0 aliphatic carbocycles. The van der Waals surface area contributed by atoms with Crippen LogP contribution in [0.25, 0.3) is 0 Å². The van der Waals surface area contributed by atoms with Gasteiger partial charge in [0.2, 0.25) is 11.8 Å². The topological polar surface area (TPSA) is 61.4 Å². The van der Waals surface area contributed by atoms with Crippen LogP contribution in [0.3, 0.4) is 0 Å². The van der Waals surface area contributed by atoms with Gasteiger partial charge < -0.3 is 15.5 Å². The molecule has 0 aromatic heterocycles. The van der Waals surface area contributed by atoms with Gasteiger partial charge in [-0.2, -0.15) is 0 Å². The molecule has 0 aliphatic heterocycles. The molecule has 1 aromatic rings. The monoisotopic (exact) mass is 333 g/mol. The molecule has 0 saturated carbocycles. The number of benzene rings is 1. The van der Waals surface area contributed by atoms with Crippen molar-refractivity contribution in [2.45, 2.75) is 33.1 Å². The molecule has 0 fully saturated rings. The Labute approximate surface area is 145 Å². The Bertz CT molecular complexity index is 541. The summed E-state index contributed by atoms with van der Waals surface area (Å²) < 4.78 is 0. The van der Waals surface area contributed by atoms with Crippen LogP contribution < -0.4 is 10.6 Å². The molecule has 5 heteroatoms. The second-order valence-corrected chi connectivity index (χ2v) is 6.89. The summed E-state index contributed by atoms with van der Waals surface area (Å²) in [5, 5.41) is 5.52. The summed E-state index contributed by atoms with van der Waals surface area (Å²) in [6.07, 6.45) is 0.943. The first-order chi connectivity index (χ1) is 11.3. The Morgan fingerprint density at radius 2 is 1.75 bits per heavy atom. The maximum absolute atomic E-state index is 12.4. The molecule has 2 amide bonds. The normalized spacial score (nSPS) is 12.3.